The molecule has 0 spiro atoms. The Morgan fingerprint density at radius 2 is 1.57 bits per heavy atom. The van der Waals surface area contributed by atoms with Gasteiger partial charge in [0, 0.05) is 10.6 Å². The Balaban J connectivity index is 1.68. The molecule has 112 valence electrons. The van der Waals surface area contributed by atoms with Crippen molar-refractivity contribution in [1.82, 2.24) is 4.98 Å². The molecule has 0 radical (unpaired) electrons. The number of hydrogen-bond donors (Lipinski definition) is 1. The SMILES string of the molecule is Cc1cccc(NSc2ccc(-c3ccc(C#N)cc3)cc2)n1. The van der Waals surface area contributed by atoms with Gasteiger partial charge in [0.15, 0.2) is 0 Å². The fraction of sp³-hybridized carbons (Fsp3) is 0.0526. The van der Waals surface area contributed by atoms with Gasteiger partial charge in [-0.15, -0.1) is 0 Å². The standard InChI is InChI=1S/C19H15N3S/c1-14-3-2-4-19(21-14)22-23-18-11-9-17(10-12-18)16-7-5-15(13-20)6-8-16/h2-12H,1H3,(H,21,22). The third kappa shape index (κ3) is 3.91. The molecule has 0 saturated carbocycles. The van der Waals surface area contributed by atoms with Crippen LogP contribution < -0.4 is 4.72 Å². The van der Waals surface area contributed by atoms with E-state index in [-0.39, 0.29) is 0 Å². The van der Waals surface area contributed by atoms with Crippen molar-refractivity contribution in [3.8, 4) is 17.2 Å². The maximum atomic E-state index is 8.84. The second-order valence-corrected chi connectivity index (χ2v) is 5.96. The smallest absolute Gasteiger partial charge is 0.136 e. The molecule has 0 aliphatic heterocycles. The van der Waals surface area contributed by atoms with Crippen LogP contribution in [-0.2, 0) is 0 Å². The van der Waals surface area contributed by atoms with Crippen LogP contribution in [0.25, 0.3) is 11.1 Å². The number of aryl methyl sites for hydroxylation is 1. The Labute approximate surface area is 140 Å². The number of nitriles is 1. The summed E-state index contributed by atoms with van der Waals surface area (Å²) in [6.07, 6.45) is 0. The molecule has 0 aliphatic carbocycles. The number of nitrogens with zero attached hydrogens (tertiary/aromatic N) is 2. The number of pyridine rings is 1. The summed E-state index contributed by atoms with van der Waals surface area (Å²) in [6.45, 7) is 1.97. The Kier molecular flexibility index (Phi) is 4.60. The van der Waals surface area contributed by atoms with Crippen molar-refractivity contribution in [3.05, 3.63) is 78.0 Å². The van der Waals surface area contributed by atoms with E-state index in [1.165, 1.54) is 11.9 Å². The van der Waals surface area contributed by atoms with Crippen molar-refractivity contribution in [1.29, 1.82) is 5.26 Å². The molecule has 3 rings (SSSR count). The van der Waals surface area contributed by atoms with Gasteiger partial charge in [0.1, 0.15) is 5.82 Å². The summed E-state index contributed by atoms with van der Waals surface area (Å²) in [6, 6.07) is 23.9. The summed E-state index contributed by atoms with van der Waals surface area (Å²) in [7, 11) is 0. The van der Waals surface area contributed by atoms with Crippen molar-refractivity contribution in [3.63, 3.8) is 0 Å². The predicted octanol–water partition coefficient (Wildman–Crippen LogP) is 5.05. The summed E-state index contributed by atoms with van der Waals surface area (Å²) in [4.78, 5) is 5.53. The second kappa shape index (κ2) is 6.99. The highest BCUT2D eigenvalue weighted by atomic mass is 32.2. The zero-order valence-corrected chi connectivity index (χ0v) is 13.5. The first-order valence-electron chi connectivity index (χ1n) is 7.22. The average molecular weight is 317 g/mol. The molecular weight excluding hydrogens is 302 g/mol. The Bertz CT molecular complexity index is 834. The van der Waals surface area contributed by atoms with E-state index < -0.39 is 0 Å². The molecule has 3 nitrogen and oxygen atoms in total. The van der Waals surface area contributed by atoms with Crippen LogP contribution in [-0.4, -0.2) is 4.98 Å². The van der Waals surface area contributed by atoms with Gasteiger partial charge in [-0.2, -0.15) is 5.26 Å². The second-order valence-electron chi connectivity index (χ2n) is 5.08. The van der Waals surface area contributed by atoms with Crippen LogP contribution >= 0.6 is 11.9 Å². The Morgan fingerprint density at radius 3 is 2.17 bits per heavy atom. The lowest BCUT2D eigenvalue weighted by Crippen LogP contribution is -1.91. The van der Waals surface area contributed by atoms with E-state index in [2.05, 4.69) is 40.0 Å². The minimum absolute atomic E-state index is 0.677. The third-order valence-corrected chi connectivity index (χ3v) is 4.18. The Hall–Kier alpha value is -2.77. The molecule has 1 N–H and O–H groups in total. The first-order valence-corrected chi connectivity index (χ1v) is 8.03. The normalized spacial score (nSPS) is 10.1. The van der Waals surface area contributed by atoms with Gasteiger partial charge in [-0.1, -0.05) is 30.3 Å². The lowest BCUT2D eigenvalue weighted by atomic mass is 10.0. The highest BCUT2D eigenvalue weighted by molar-refractivity contribution is 8.00. The fourth-order valence-electron chi connectivity index (χ4n) is 2.16. The monoisotopic (exact) mass is 317 g/mol. The summed E-state index contributed by atoms with van der Waals surface area (Å²) >= 11 is 1.54. The fourth-order valence-corrected chi connectivity index (χ4v) is 2.77. The first-order chi connectivity index (χ1) is 11.2. The number of anilines is 1. The maximum Gasteiger partial charge on any atom is 0.136 e. The number of rotatable bonds is 4. The number of aromatic nitrogens is 1. The predicted molar refractivity (Wildman–Crippen MR) is 95.0 cm³/mol. The molecule has 0 bridgehead atoms. The van der Waals surface area contributed by atoms with Crippen LogP contribution in [0.15, 0.2) is 71.6 Å². The van der Waals surface area contributed by atoms with Crippen molar-refractivity contribution in [2.75, 3.05) is 4.72 Å². The molecule has 0 saturated heterocycles. The zero-order valence-electron chi connectivity index (χ0n) is 12.7. The van der Waals surface area contributed by atoms with Crippen molar-refractivity contribution < 1.29 is 0 Å². The van der Waals surface area contributed by atoms with Crippen LogP contribution in [0.1, 0.15) is 11.3 Å². The number of benzene rings is 2. The highest BCUT2D eigenvalue weighted by Crippen LogP contribution is 2.25. The van der Waals surface area contributed by atoms with E-state index in [9.17, 15) is 0 Å². The number of nitrogens with one attached hydrogen (secondary N) is 1. The molecule has 0 fully saturated rings. The van der Waals surface area contributed by atoms with Crippen molar-refractivity contribution >= 4 is 17.8 Å². The van der Waals surface area contributed by atoms with Gasteiger partial charge in [0.05, 0.1) is 11.6 Å². The van der Waals surface area contributed by atoms with E-state index in [1.54, 1.807) is 0 Å². The first kappa shape index (κ1) is 15.1. The molecule has 0 unspecified atom stereocenters. The Morgan fingerprint density at radius 1 is 0.913 bits per heavy atom. The summed E-state index contributed by atoms with van der Waals surface area (Å²) in [5.74, 6) is 0.853. The summed E-state index contributed by atoms with van der Waals surface area (Å²) in [5, 5.41) is 8.84. The molecule has 0 atom stereocenters. The lowest BCUT2D eigenvalue weighted by molar-refractivity contribution is 1.21. The highest BCUT2D eigenvalue weighted by Gasteiger charge is 2.00. The van der Waals surface area contributed by atoms with E-state index >= 15 is 0 Å². The molecule has 2 aromatic carbocycles. The van der Waals surface area contributed by atoms with Gasteiger partial charge in [-0.3, -0.25) is 0 Å². The van der Waals surface area contributed by atoms with Gasteiger partial charge >= 0.3 is 0 Å². The molecule has 0 amide bonds. The van der Waals surface area contributed by atoms with Crippen LogP contribution in [0.5, 0.6) is 0 Å². The van der Waals surface area contributed by atoms with E-state index in [4.69, 9.17) is 5.26 Å². The van der Waals surface area contributed by atoms with Gasteiger partial charge in [-0.25, -0.2) is 4.98 Å². The summed E-state index contributed by atoms with van der Waals surface area (Å²) in [5.41, 5.74) is 3.91. The molecule has 4 heteroatoms. The molecule has 0 aliphatic rings. The number of hydrogen-bond acceptors (Lipinski definition) is 4. The largest absolute Gasteiger partial charge is 0.310 e. The molecule has 1 aromatic heterocycles. The van der Waals surface area contributed by atoms with Crippen molar-refractivity contribution in [2.24, 2.45) is 0 Å². The van der Waals surface area contributed by atoms with Gasteiger partial charge < -0.3 is 4.72 Å². The van der Waals surface area contributed by atoms with Crippen LogP contribution in [0, 0.1) is 18.3 Å². The minimum atomic E-state index is 0.677. The molecule has 23 heavy (non-hydrogen) atoms. The molecule has 1 heterocycles. The molecular formula is C19H15N3S. The minimum Gasteiger partial charge on any atom is -0.310 e. The zero-order chi connectivity index (χ0) is 16.1. The van der Waals surface area contributed by atoms with Crippen LogP contribution in [0.4, 0.5) is 5.82 Å². The maximum absolute atomic E-state index is 8.84. The lowest BCUT2D eigenvalue weighted by Gasteiger charge is -2.07. The van der Waals surface area contributed by atoms with E-state index in [1.807, 2.05) is 49.4 Å². The van der Waals surface area contributed by atoms with Gasteiger partial charge in [0.2, 0.25) is 0 Å². The summed E-state index contributed by atoms with van der Waals surface area (Å²) < 4.78 is 3.25. The quantitative estimate of drug-likeness (QED) is 0.684. The molecule has 3 aromatic rings. The average Bonchev–Trinajstić information content (AvgIpc) is 2.61. The van der Waals surface area contributed by atoms with E-state index in [0.29, 0.717) is 5.56 Å². The van der Waals surface area contributed by atoms with Crippen molar-refractivity contribution in [2.45, 2.75) is 11.8 Å². The van der Waals surface area contributed by atoms with Crippen LogP contribution in [0.3, 0.4) is 0 Å². The van der Waals surface area contributed by atoms with Gasteiger partial charge in [0.25, 0.3) is 0 Å². The third-order valence-electron chi connectivity index (χ3n) is 3.36. The van der Waals surface area contributed by atoms with Crippen LogP contribution in [0.2, 0.25) is 0 Å². The van der Waals surface area contributed by atoms with Gasteiger partial charge in [-0.05, 0) is 66.4 Å². The van der Waals surface area contributed by atoms with E-state index in [0.717, 1.165) is 27.5 Å². The topological polar surface area (TPSA) is 48.7 Å².